The molecule has 0 radical (unpaired) electrons. The Bertz CT molecular complexity index is 1180. The molecular formula is C30H35P. The van der Waals surface area contributed by atoms with Crippen LogP contribution in [0.1, 0.15) is 51.7 Å². The molecule has 0 fully saturated rings. The molecular weight excluding hydrogens is 391 g/mol. The van der Waals surface area contributed by atoms with Crippen LogP contribution in [0, 0.1) is 6.92 Å². The van der Waals surface area contributed by atoms with Crippen molar-refractivity contribution in [2.45, 2.75) is 64.9 Å². The van der Waals surface area contributed by atoms with E-state index in [2.05, 4.69) is 107 Å². The molecule has 0 nitrogen and oxygen atoms in total. The smallest absolute Gasteiger partial charge is 0.00608 e. The Morgan fingerprint density at radius 1 is 0.645 bits per heavy atom. The summed E-state index contributed by atoms with van der Waals surface area (Å²) in [5.74, 6) is 0. The Hall–Kier alpha value is -2.17. The lowest BCUT2D eigenvalue weighted by Gasteiger charge is -2.31. The van der Waals surface area contributed by atoms with E-state index in [-0.39, 0.29) is 7.92 Å². The van der Waals surface area contributed by atoms with Crippen molar-refractivity contribution in [2.24, 2.45) is 0 Å². The van der Waals surface area contributed by atoms with Crippen LogP contribution in [0.2, 0.25) is 0 Å². The van der Waals surface area contributed by atoms with Crippen LogP contribution >= 0.6 is 7.92 Å². The van der Waals surface area contributed by atoms with Crippen molar-refractivity contribution in [3.8, 4) is 11.1 Å². The fourth-order valence-electron chi connectivity index (χ4n) is 4.87. The van der Waals surface area contributed by atoms with E-state index in [1.165, 1.54) is 62.8 Å². The third-order valence-electron chi connectivity index (χ3n) is 7.07. The molecule has 4 aromatic rings. The second kappa shape index (κ2) is 9.54. The molecule has 0 aliphatic rings. The lowest BCUT2D eigenvalue weighted by molar-refractivity contribution is 0.828. The Morgan fingerprint density at radius 2 is 1.16 bits per heavy atom. The topological polar surface area (TPSA) is 0 Å². The van der Waals surface area contributed by atoms with Crippen LogP contribution in [0.4, 0.5) is 0 Å². The summed E-state index contributed by atoms with van der Waals surface area (Å²) < 4.78 is 0. The Labute approximate surface area is 189 Å². The summed E-state index contributed by atoms with van der Waals surface area (Å²) in [5.41, 5.74) is 7.37. The van der Waals surface area contributed by atoms with Gasteiger partial charge >= 0.3 is 0 Å². The van der Waals surface area contributed by atoms with Gasteiger partial charge in [-0.25, -0.2) is 0 Å². The molecule has 0 bridgehead atoms. The minimum Gasteiger partial charge on any atom is -0.0964 e. The second-order valence-corrected chi connectivity index (χ2v) is 12.1. The number of aryl methyl sites for hydroxylation is 1. The molecule has 31 heavy (non-hydrogen) atoms. The number of hydrogen-bond donors (Lipinski definition) is 0. The Balaban J connectivity index is 2.00. The predicted octanol–water partition coefficient (Wildman–Crippen LogP) is 9.55. The van der Waals surface area contributed by atoms with Crippen molar-refractivity contribution >= 4 is 29.5 Å². The first kappa shape index (κ1) is 22.0. The summed E-state index contributed by atoms with van der Waals surface area (Å²) >= 11 is 0. The standard InChI is InChI=1S/C30H35P/c1-6-22(4)31(23(5)7-2)20-26-19-18-25-13-9-11-15-28(25)30(26)29-21(3)16-17-24-12-8-10-14-27(24)29/h8-19,22-23H,6-7,20H2,1-5H3. The van der Waals surface area contributed by atoms with Crippen LogP contribution in [0.15, 0.2) is 72.8 Å². The third-order valence-corrected chi connectivity index (χ3v) is 10.8. The van der Waals surface area contributed by atoms with Gasteiger partial charge in [-0.1, -0.05) is 108 Å². The first-order chi connectivity index (χ1) is 15.0. The molecule has 0 saturated carbocycles. The number of rotatable bonds is 7. The van der Waals surface area contributed by atoms with E-state index in [4.69, 9.17) is 0 Å². The van der Waals surface area contributed by atoms with Gasteiger partial charge in [0.25, 0.3) is 0 Å². The van der Waals surface area contributed by atoms with Crippen LogP contribution in [0.25, 0.3) is 32.7 Å². The van der Waals surface area contributed by atoms with Gasteiger partial charge in [0.05, 0.1) is 0 Å². The lowest BCUT2D eigenvalue weighted by Crippen LogP contribution is -2.11. The first-order valence-corrected chi connectivity index (χ1v) is 13.5. The SMILES string of the molecule is CCC(C)P(Cc1ccc2ccccc2c1-c1c(C)ccc2ccccc12)C(C)CC. The summed E-state index contributed by atoms with van der Waals surface area (Å²) in [5, 5.41) is 5.43. The summed E-state index contributed by atoms with van der Waals surface area (Å²) in [4.78, 5) is 0. The molecule has 1 heteroatoms. The van der Waals surface area contributed by atoms with E-state index in [0.29, 0.717) is 0 Å². The maximum absolute atomic E-state index is 2.47. The van der Waals surface area contributed by atoms with Crippen molar-refractivity contribution in [1.29, 1.82) is 0 Å². The molecule has 0 heterocycles. The molecule has 0 aromatic heterocycles. The van der Waals surface area contributed by atoms with E-state index >= 15 is 0 Å². The van der Waals surface area contributed by atoms with Crippen LogP contribution in [0.5, 0.6) is 0 Å². The summed E-state index contributed by atoms with van der Waals surface area (Å²) in [6.45, 7) is 11.9. The molecule has 4 aromatic carbocycles. The summed E-state index contributed by atoms with van der Waals surface area (Å²) in [6, 6.07) is 27.2. The van der Waals surface area contributed by atoms with Gasteiger partial charge in [0, 0.05) is 0 Å². The van der Waals surface area contributed by atoms with Crippen molar-refractivity contribution in [3.05, 3.63) is 83.9 Å². The van der Waals surface area contributed by atoms with Gasteiger partial charge in [-0.2, -0.15) is 0 Å². The van der Waals surface area contributed by atoms with Gasteiger partial charge in [-0.05, 0) is 81.0 Å². The number of hydrogen-bond acceptors (Lipinski definition) is 0. The molecule has 2 atom stereocenters. The third kappa shape index (κ3) is 4.28. The fourth-order valence-corrected chi connectivity index (χ4v) is 7.96. The quantitative estimate of drug-likeness (QED) is 0.258. The zero-order valence-electron chi connectivity index (χ0n) is 19.7. The van der Waals surface area contributed by atoms with E-state index < -0.39 is 0 Å². The summed E-state index contributed by atoms with van der Waals surface area (Å²) in [7, 11) is -0.0744. The van der Waals surface area contributed by atoms with Crippen LogP contribution in [-0.2, 0) is 6.16 Å². The zero-order chi connectivity index (χ0) is 22.0. The van der Waals surface area contributed by atoms with Gasteiger partial charge in [-0.3, -0.25) is 0 Å². The fraction of sp³-hybridized carbons (Fsp3) is 0.333. The minimum absolute atomic E-state index is 0.0744. The maximum atomic E-state index is 2.47. The molecule has 0 aliphatic carbocycles. The van der Waals surface area contributed by atoms with E-state index in [1.807, 2.05) is 0 Å². The average Bonchev–Trinajstić information content (AvgIpc) is 2.81. The molecule has 4 rings (SSSR count). The Morgan fingerprint density at radius 3 is 1.74 bits per heavy atom. The van der Waals surface area contributed by atoms with Crippen LogP contribution in [0.3, 0.4) is 0 Å². The zero-order valence-corrected chi connectivity index (χ0v) is 20.5. The van der Waals surface area contributed by atoms with E-state index in [9.17, 15) is 0 Å². The van der Waals surface area contributed by atoms with Crippen molar-refractivity contribution < 1.29 is 0 Å². The van der Waals surface area contributed by atoms with E-state index in [1.54, 1.807) is 0 Å². The highest BCUT2D eigenvalue weighted by Gasteiger charge is 2.24. The predicted molar refractivity (Wildman–Crippen MR) is 142 cm³/mol. The maximum Gasteiger partial charge on any atom is -0.00608 e. The van der Waals surface area contributed by atoms with Gasteiger partial charge < -0.3 is 0 Å². The molecule has 0 N–H and O–H groups in total. The molecule has 0 spiro atoms. The second-order valence-electron chi connectivity index (χ2n) is 8.99. The number of benzene rings is 4. The van der Waals surface area contributed by atoms with Gasteiger partial charge in [0.2, 0.25) is 0 Å². The molecule has 160 valence electrons. The highest BCUT2D eigenvalue weighted by molar-refractivity contribution is 7.58. The molecule has 0 aliphatic heterocycles. The first-order valence-electron chi connectivity index (χ1n) is 11.8. The highest BCUT2D eigenvalue weighted by atomic mass is 31.1. The monoisotopic (exact) mass is 426 g/mol. The van der Waals surface area contributed by atoms with Crippen molar-refractivity contribution in [3.63, 3.8) is 0 Å². The summed E-state index contributed by atoms with van der Waals surface area (Å²) in [6.07, 6.45) is 3.75. The van der Waals surface area contributed by atoms with Gasteiger partial charge in [0.15, 0.2) is 0 Å². The minimum atomic E-state index is -0.0744. The molecule has 0 saturated heterocycles. The highest BCUT2D eigenvalue weighted by Crippen LogP contribution is 2.53. The van der Waals surface area contributed by atoms with Crippen molar-refractivity contribution in [2.75, 3.05) is 0 Å². The van der Waals surface area contributed by atoms with Gasteiger partial charge in [0.1, 0.15) is 0 Å². The van der Waals surface area contributed by atoms with Crippen LogP contribution < -0.4 is 0 Å². The molecule has 0 amide bonds. The lowest BCUT2D eigenvalue weighted by atomic mass is 9.88. The van der Waals surface area contributed by atoms with Gasteiger partial charge in [-0.15, -0.1) is 0 Å². The number of fused-ring (bicyclic) bond motifs is 2. The van der Waals surface area contributed by atoms with Crippen molar-refractivity contribution in [1.82, 2.24) is 0 Å². The van der Waals surface area contributed by atoms with Crippen LogP contribution in [-0.4, -0.2) is 11.3 Å². The average molecular weight is 427 g/mol. The normalized spacial score (nSPS) is 14.6. The largest absolute Gasteiger partial charge is 0.0964 e. The molecule has 2 unspecified atom stereocenters. The van der Waals surface area contributed by atoms with E-state index in [0.717, 1.165) is 11.3 Å². The Kier molecular flexibility index (Phi) is 6.78.